The van der Waals surface area contributed by atoms with Crippen LogP contribution in [-0.2, 0) is 21.2 Å². The van der Waals surface area contributed by atoms with Crippen molar-refractivity contribution in [3.05, 3.63) is 47.7 Å². The van der Waals surface area contributed by atoms with Crippen LogP contribution in [0, 0.1) is 12.8 Å². The van der Waals surface area contributed by atoms with Crippen molar-refractivity contribution in [1.82, 2.24) is 15.3 Å². The van der Waals surface area contributed by atoms with Crippen LogP contribution in [0.15, 0.2) is 41.3 Å². The van der Waals surface area contributed by atoms with Gasteiger partial charge in [0.25, 0.3) is 0 Å². The van der Waals surface area contributed by atoms with Gasteiger partial charge < -0.3 is 19.7 Å². The third kappa shape index (κ3) is 5.32. The maximum Gasteiger partial charge on any atom is 0.226 e. The fourth-order valence-corrected chi connectivity index (χ4v) is 5.03. The molecule has 0 bridgehead atoms. The van der Waals surface area contributed by atoms with Gasteiger partial charge in [0, 0.05) is 42.8 Å². The molecule has 0 aliphatic carbocycles. The Hall–Kier alpha value is -3.40. The molecule has 9 nitrogen and oxygen atoms in total. The Bertz CT molecular complexity index is 1350. The number of hydrogen-bond donors (Lipinski definition) is 1. The molecule has 1 N–H and O–H groups in total. The van der Waals surface area contributed by atoms with Crippen molar-refractivity contribution < 1.29 is 22.7 Å². The lowest BCUT2D eigenvalue weighted by Crippen LogP contribution is -2.41. The molecule has 2 heterocycles. The SMILES string of the molecule is COc1cccc(CNC(=O)C2CCN(c3nc(C)c4ccc(S(C)(=O)=O)cc4n3)CC2)c1OC. The number of carbonyl (C=O) groups is 1. The number of ether oxygens (including phenoxy) is 2. The Morgan fingerprint density at radius 1 is 1.11 bits per heavy atom. The molecule has 4 rings (SSSR count). The standard InChI is InChI=1S/C25H30N4O5S/c1-16-20-9-8-19(35(4,31)32)14-21(20)28-25(27-16)29-12-10-17(11-13-29)24(30)26-15-18-6-5-7-22(33-2)23(18)34-3/h5-9,14,17H,10-13,15H2,1-4H3,(H,26,30). The average Bonchev–Trinajstić information content (AvgIpc) is 2.86. The lowest BCUT2D eigenvalue weighted by atomic mass is 9.96. The van der Waals surface area contributed by atoms with E-state index in [4.69, 9.17) is 9.47 Å². The second-order valence-corrected chi connectivity index (χ2v) is 10.7. The molecule has 0 unspecified atom stereocenters. The van der Waals surface area contributed by atoms with Gasteiger partial charge in [0.2, 0.25) is 11.9 Å². The first-order chi connectivity index (χ1) is 16.7. The van der Waals surface area contributed by atoms with E-state index in [9.17, 15) is 13.2 Å². The van der Waals surface area contributed by atoms with Crippen LogP contribution < -0.4 is 19.7 Å². The van der Waals surface area contributed by atoms with Crippen molar-refractivity contribution in [2.75, 3.05) is 38.5 Å². The molecule has 1 amide bonds. The van der Waals surface area contributed by atoms with Crippen LogP contribution >= 0.6 is 0 Å². The number of hydrogen-bond acceptors (Lipinski definition) is 8. The molecule has 0 atom stereocenters. The third-order valence-corrected chi connectivity index (χ3v) is 7.47. The quantitative estimate of drug-likeness (QED) is 0.529. The number of aryl methyl sites for hydroxylation is 1. The number of methoxy groups -OCH3 is 2. The molecule has 0 radical (unpaired) electrons. The lowest BCUT2D eigenvalue weighted by Gasteiger charge is -2.31. The monoisotopic (exact) mass is 498 g/mol. The predicted octanol–water partition coefficient (Wildman–Crippen LogP) is 2.89. The Balaban J connectivity index is 1.42. The van der Waals surface area contributed by atoms with Gasteiger partial charge >= 0.3 is 0 Å². The fraction of sp³-hybridized carbons (Fsp3) is 0.400. The smallest absolute Gasteiger partial charge is 0.226 e. The Labute approximate surface area is 205 Å². The van der Waals surface area contributed by atoms with Gasteiger partial charge in [-0.25, -0.2) is 18.4 Å². The van der Waals surface area contributed by atoms with Crippen LogP contribution in [0.4, 0.5) is 5.95 Å². The number of rotatable bonds is 7. The van der Waals surface area contributed by atoms with Crippen LogP contribution in [0.1, 0.15) is 24.1 Å². The molecular formula is C25H30N4O5S. The van der Waals surface area contributed by atoms with E-state index in [0.717, 1.165) is 16.6 Å². The summed E-state index contributed by atoms with van der Waals surface area (Å²) in [5.41, 5.74) is 2.24. The normalized spacial score (nSPS) is 14.7. The van der Waals surface area contributed by atoms with Gasteiger partial charge in [-0.15, -0.1) is 0 Å². The van der Waals surface area contributed by atoms with E-state index in [1.807, 2.05) is 25.1 Å². The lowest BCUT2D eigenvalue weighted by molar-refractivity contribution is -0.125. The largest absolute Gasteiger partial charge is 0.493 e. The zero-order valence-electron chi connectivity index (χ0n) is 20.4. The van der Waals surface area contributed by atoms with Gasteiger partial charge in [-0.2, -0.15) is 0 Å². The topological polar surface area (TPSA) is 111 Å². The minimum atomic E-state index is -3.33. The highest BCUT2D eigenvalue weighted by Gasteiger charge is 2.27. The van der Waals surface area contributed by atoms with Crippen LogP contribution in [0.3, 0.4) is 0 Å². The molecule has 3 aromatic rings. The third-order valence-electron chi connectivity index (χ3n) is 6.36. The molecule has 0 spiro atoms. The highest BCUT2D eigenvalue weighted by molar-refractivity contribution is 7.90. The predicted molar refractivity (Wildman–Crippen MR) is 134 cm³/mol. The second kappa shape index (κ2) is 10.1. The summed E-state index contributed by atoms with van der Waals surface area (Å²) in [5.74, 6) is 1.69. The van der Waals surface area contributed by atoms with E-state index >= 15 is 0 Å². The van der Waals surface area contributed by atoms with Crippen LogP contribution in [0.5, 0.6) is 11.5 Å². The van der Waals surface area contributed by atoms with Crippen LogP contribution in [0.25, 0.3) is 10.9 Å². The van der Waals surface area contributed by atoms with E-state index in [-0.39, 0.29) is 16.7 Å². The van der Waals surface area contributed by atoms with Gasteiger partial charge in [-0.3, -0.25) is 4.79 Å². The summed E-state index contributed by atoms with van der Waals surface area (Å²) in [6.45, 7) is 3.52. The van der Waals surface area contributed by atoms with E-state index in [0.29, 0.717) is 55.4 Å². The molecule has 35 heavy (non-hydrogen) atoms. The Morgan fingerprint density at radius 3 is 2.51 bits per heavy atom. The first-order valence-electron chi connectivity index (χ1n) is 11.4. The molecule has 0 saturated carbocycles. The van der Waals surface area contributed by atoms with Crippen LogP contribution in [0.2, 0.25) is 0 Å². The number of piperidine rings is 1. The number of nitrogens with zero attached hydrogens (tertiary/aromatic N) is 3. The number of amides is 1. The van der Waals surface area contributed by atoms with Crippen molar-refractivity contribution in [2.24, 2.45) is 5.92 Å². The highest BCUT2D eigenvalue weighted by atomic mass is 32.2. The summed E-state index contributed by atoms with van der Waals surface area (Å²) in [7, 11) is -0.166. The van der Waals surface area contributed by atoms with Gasteiger partial charge in [-0.05, 0) is 44.0 Å². The van der Waals surface area contributed by atoms with Gasteiger partial charge in [0.05, 0.1) is 30.3 Å². The van der Waals surface area contributed by atoms with Crippen molar-refractivity contribution >= 4 is 32.6 Å². The minimum Gasteiger partial charge on any atom is -0.493 e. The second-order valence-electron chi connectivity index (χ2n) is 8.69. The molecule has 186 valence electrons. The molecule has 1 fully saturated rings. The average molecular weight is 499 g/mol. The molecule has 1 saturated heterocycles. The number of carbonyl (C=O) groups excluding carboxylic acids is 1. The maximum absolute atomic E-state index is 12.8. The van der Waals surface area contributed by atoms with Gasteiger partial charge in [0.1, 0.15) is 0 Å². The molecule has 1 aliphatic heterocycles. The van der Waals surface area contributed by atoms with E-state index in [1.165, 1.54) is 6.26 Å². The van der Waals surface area contributed by atoms with Crippen molar-refractivity contribution in [2.45, 2.75) is 31.2 Å². The number of aromatic nitrogens is 2. The zero-order chi connectivity index (χ0) is 25.2. The summed E-state index contributed by atoms with van der Waals surface area (Å²) in [4.78, 5) is 24.4. The number of sulfone groups is 1. The van der Waals surface area contributed by atoms with E-state index < -0.39 is 9.84 Å². The molecular weight excluding hydrogens is 468 g/mol. The van der Waals surface area contributed by atoms with Crippen molar-refractivity contribution in [3.63, 3.8) is 0 Å². The van der Waals surface area contributed by atoms with Gasteiger partial charge in [0.15, 0.2) is 21.3 Å². The van der Waals surface area contributed by atoms with Crippen molar-refractivity contribution in [3.8, 4) is 11.5 Å². The zero-order valence-corrected chi connectivity index (χ0v) is 21.2. The van der Waals surface area contributed by atoms with E-state index in [2.05, 4.69) is 20.2 Å². The number of anilines is 1. The number of fused-ring (bicyclic) bond motifs is 1. The Kier molecular flexibility index (Phi) is 7.11. The van der Waals surface area contributed by atoms with Crippen LogP contribution in [-0.4, -0.2) is 57.9 Å². The summed E-state index contributed by atoms with van der Waals surface area (Å²) < 4.78 is 34.7. The first kappa shape index (κ1) is 24.7. The Morgan fingerprint density at radius 2 is 1.86 bits per heavy atom. The fourth-order valence-electron chi connectivity index (χ4n) is 4.39. The molecule has 1 aromatic heterocycles. The summed E-state index contributed by atoms with van der Waals surface area (Å²) >= 11 is 0. The summed E-state index contributed by atoms with van der Waals surface area (Å²) in [6, 6.07) is 10.5. The minimum absolute atomic E-state index is 0.00271. The number of benzene rings is 2. The van der Waals surface area contributed by atoms with Crippen molar-refractivity contribution in [1.29, 1.82) is 0 Å². The molecule has 2 aromatic carbocycles. The number of para-hydroxylation sites is 1. The molecule has 1 aliphatic rings. The maximum atomic E-state index is 12.8. The first-order valence-corrected chi connectivity index (χ1v) is 13.3. The van der Waals surface area contributed by atoms with E-state index in [1.54, 1.807) is 32.4 Å². The summed E-state index contributed by atoms with van der Waals surface area (Å²) in [6.07, 6.45) is 2.53. The summed E-state index contributed by atoms with van der Waals surface area (Å²) in [5, 5.41) is 3.84. The highest BCUT2D eigenvalue weighted by Crippen LogP contribution is 2.31. The van der Waals surface area contributed by atoms with Gasteiger partial charge in [-0.1, -0.05) is 12.1 Å². The molecule has 10 heteroatoms. The number of nitrogens with one attached hydrogen (secondary N) is 1.